The van der Waals surface area contributed by atoms with Gasteiger partial charge in [0.1, 0.15) is 5.75 Å². The van der Waals surface area contributed by atoms with Crippen LogP contribution in [0.5, 0.6) is 5.75 Å². The maximum atomic E-state index is 8.59. The zero-order valence-corrected chi connectivity index (χ0v) is 7.61. The maximum absolute atomic E-state index is 8.59. The average molecular weight is 180 g/mol. The predicted octanol–water partition coefficient (Wildman–Crippen LogP) is 1.48. The molecule has 0 bridgehead atoms. The van der Waals surface area contributed by atoms with Crippen LogP contribution in [0.15, 0.2) is 23.4 Å². The van der Waals surface area contributed by atoms with E-state index in [9.17, 15) is 0 Å². The number of anilines is 1. The highest BCUT2D eigenvalue weighted by Gasteiger charge is 2.06. The Kier molecular flexibility index (Phi) is 2.74. The number of rotatable bonds is 2. The van der Waals surface area contributed by atoms with Crippen LogP contribution in [0.3, 0.4) is 0 Å². The van der Waals surface area contributed by atoms with Crippen LogP contribution < -0.4 is 10.5 Å². The van der Waals surface area contributed by atoms with Crippen LogP contribution in [0.2, 0.25) is 0 Å². The molecule has 0 aliphatic carbocycles. The molecule has 0 spiro atoms. The Balaban J connectivity index is 3.23. The van der Waals surface area contributed by atoms with Gasteiger partial charge < -0.3 is 15.7 Å². The number of hydrogen-bond donors (Lipinski definition) is 2. The Bertz CT molecular complexity index is 334. The molecule has 0 fully saturated rings. The van der Waals surface area contributed by atoms with Gasteiger partial charge in [0, 0.05) is 11.3 Å². The van der Waals surface area contributed by atoms with Crippen LogP contribution in [-0.2, 0) is 0 Å². The zero-order valence-electron chi connectivity index (χ0n) is 7.61. The van der Waals surface area contributed by atoms with Crippen molar-refractivity contribution < 1.29 is 9.94 Å². The number of nitrogens with zero attached hydrogens (tertiary/aromatic N) is 1. The molecule has 0 aromatic heterocycles. The van der Waals surface area contributed by atoms with Crippen molar-refractivity contribution in [2.24, 2.45) is 5.16 Å². The highest BCUT2D eigenvalue weighted by atomic mass is 16.5. The Hall–Kier alpha value is -1.71. The molecule has 0 atom stereocenters. The van der Waals surface area contributed by atoms with Crippen LogP contribution >= 0.6 is 0 Å². The van der Waals surface area contributed by atoms with E-state index in [2.05, 4.69) is 5.16 Å². The van der Waals surface area contributed by atoms with Gasteiger partial charge in [0.15, 0.2) is 0 Å². The minimum absolute atomic E-state index is 0.476. The lowest BCUT2D eigenvalue weighted by molar-refractivity contribution is 0.318. The van der Waals surface area contributed by atoms with Crippen molar-refractivity contribution in [3.63, 3.8) is 0 Å². The van der Waals surface area contributed by atoms with Crippen molar-refractivity contribution in [2.75, 3.05) is 12.8 Å². The van der Waals surface area contributed by atoms with Crippen molar-refractivity contribution in [2.45, 2.75) is 6.92 Å². The van der Waals surface area contributed by atoms with Gasteiger partial charge in [0.2, 0.25) is 0 Å². The van der Waals surface area contributed by atoms with E-state index >= 15 is 0 Å². The van der Waals surface area contributed by atoms with Crippen LogP contribution in [0.1, 0.15) is 12.5 Å². The Morgan fingerprint density at radius 2 is 2.23 bits per heavy atom. The van der Waals surface area contributed by atoms with Gasteiger partial charge >= 0.3 is 0 Å². The Morgan fingerprint density at radius 1 is 1.54 bits per heavy atom. The summed E-state index contributed by atoms with van der Waals surface area (Å²) >= 11 is 0. The molecule has 0 amide bonds. The van der Waals surface area contributed by atoms with Crippen molar-refractivity contribution in [3.05, 3.63) is 23.8 Å². The van der Waals surface area contributed by atoms with Gasteiger partial charge in [-0.1, -0.05) is 5.16 Å². The second-order valence-corrected chi connectivity index (χ2v) is 2.65. The summed E-state index contributed by atoms with van der Waals surface area (Å²) in [5.74, 6) is 0.643. The van der Waals surface area contributed by atoms with E-state index in [1.165, 1.54) is 0 Å². The fourth-order valence-electron chi connectivity index (χ4n) is 1.06. The number of hydrogen-bond acceptors (Lipinski definition) is 4. The van der Waals surface area contributed by atoms with E-state index in [1.54, 1.807) is 32.2 Å². The van der Waals surface area contributed by atoms with E-state index in [0.717, 1.165) is 0 Å². The average Bonchev–Trinajstić information content (AvgIpc) is 2.16. The molecular weight excluding hydrogens is 168 g/mol. The highest BCUT2D eigenvalue weighted by Crippen LogP contribution is 2.21. The maximum Gasteiger partial charge on any atom is 0.128 e. The molecule has 0 heterocycles. The summed E-state index contributed by atoms with van der Waals surface area (Å²) in [6.45, 7) is 1.68. The molecule has 1 aromatic rings. The van der Waals surface area contributed by atoms with Crippen LogP contribution in [0.4, 0.5) is 5.69 Å². The van der Waals surface area contributed by atoms with Gasteiger partial charge in [0.05, 0.1) is 12.8 Å². The molecule has 0 aliphatic heterocycles. The van der Waals surface area contributed by atoms with Crippen molar-refractivity contribution in [1.29, 1.82) is 0 Å². The molecule has 0 aliphatic rings. The van der Waals surface area contributed by atoms with Gasteiger partial charge in [0.25, 0.3) is 0 Å². The first kappa shape index (κ1) is 9.38. The molecule has 1 rings (SSSR count). The van der Waals surface area contributed by atoms with Crippen molar-refractivity contribution in [1.82, 2.24) is 0 Å². The number of oxime groups is 1. The minimum Gasteiger partial charge on any atom is -0.496 e. The molecule has 13 heavy (non-hydrogen) atoms. The zero-order chi connectivity index (χ0) is 9.84. The first-order valence-electron chi connectivity index (χ1n) is 3.81. The highest BCUT2D eigenvalue weighted by molar-refractivity contribution is 6.01. The van der Waals surface area contributed by atoms with Crippen LogP contribution in [-0.4, -0.2) is 18.0 Å². The molecule has 3 N–H and O–H groups in total. The standard InChI is InChI=1S/C9H12N2O2/c1-6(11-12)8-5-7(10)3-4-9(8)13-2/h3-5,12H,10H2,1-2H3. The van der Waals surface area contributed by atoms with E-state index in [4.69, 9.17) is 15.7 Å². The molecule has 70 valence electrons. The lowest BCUT2D eigenvalue weighted by Crippen LogP contribution is -2.00. The van der Waals surface area contributed by atoms with Gasteiger partial charge in [-0.05, 0) is 25.1 Å². The van der Waals surface area contributed by atoms with E-state index in [-0.39, 0.29) is 0 Å². The second-order valence-electron chi connectivity index (χ2n) is 2.65. The minimum atomic E-state index is 0.476. The first-order valence-corrected chi connectivity index (χ1v) is 3.81. The largest absolute Gasteiger partial charge is 0.496 e. The van der Waals surface area contributed by atoms with Gasteiger partial charge in [-0.15, -0.1) is 0 Å². The number of ether oxygens (including phenoxy) is 1. The van der Waals surface area contributed by atoms with Gasteiger partial charge in [-0.2, -0.15) is 0 Å². The number of nitrogen functional groups attached to an aromatic ring is 1. The SMILES string of the molecule is COc1ccc(N)cc1C(C)=NO. The van der Waals surface area contributed by atoms with Crippen LogP contribution in [0.25, 0.3) is 0 Å². The smallest absolute Gasteiger partial charge is 0.128 e. The third-order valence-corrected chi connectivity index (χ3v) is 1.76. The van der Waals surface area contributed by atoms with Gasteiger partial charge in [-0.25, -0.2) is 0 Å². The number of methoxy groups -OCH3 is 1. The first-order chi connectivity index (χ1) is 6.19. The van der Waals surface area contributed by atoms with Crippen molar-refractivity contribution >= 4 is 11.4 Å². The topological polar surface area (TPSA) is 67.8 Å². The predicted molar refractivity (Wildman–Crippen MR) is 51.4 cm³/mol. The summed E-state index contributed by atoms with van der Waals surface area (Å²) < 4.78 is 5.08. The fraction of sp³-hybridized carbons (Fsp3) is 0.222. The molecule has 0 saturated heterocycles. The summed E-state index contributed by atoms with van der Waals surface area (Å²) in [5.41, 5.74) is 7.37. The van der Waals surface area contributed by atoms with Crippen molar-refractivity contribution in [3.8, 4) is 5.75 Å². The molecule has 0 saturated carbocycles. The molecule has 0 unspecified atom stereocenters. The van der Waals surface area contributed by atoms with Crippen LogP contribution in [0, 0.1) is 0 Å². The summed E-state index contributed by atoms with van der Waals surface area (Å²) in [6, 6.07) is 5.17. The number of benzene rings is 1. The normalized spacial score (nSPS) is 11.4. The summed E-state index contributed by atoms with van der Waals surface area (Å²) in [4.78, 5) is 0. The second kappa shape index (κ2) is 3.80. The summed E-state index contributed by atoms with van der Waals surface area (Å²) in [7, 11) is 1.56. The molecule has 4 nitrogen and oxygen atoms in total. The van der Waals surface area contributed by atoms with E-state index < -0.39 is 0 Å². The van der Waals surface area contributed by atoms with Gasteiger partial charge in [-0.3, -0.25) is 0 Å². The molecule has 4 heteroatoms. The Morgan fingerprint density at radius 3 is 2.77 bits per heavy atom. The lowest BCUT2D eigenvalue weighted by atomic mass is 10.1. The third kappa shape index (κ3) is 1.90. The molecule has 0 radical (unpaired) electrons. The molecule has 1 aromatic carbocycles. The quantitative estimate of drug-likeness (QED) is 0.313. The summed E-state index contributed by atoms with van der Waals surface area (Å²) in [6.07, 6.45) is 0. The third-order valence-electron chi connectivity index (χ3n) is 1.76. The monoisotopic (exact) mass is 180 g/mol. The Labute approximate surface area is 76.6 Å². The number of nitrogens with two attached hydrogens (primary N) is 1. The summed E-state index contributed by atoms with van der Waals surface area (Å²) in [5, 5.41) is 11.7. The van der Waals surface area contributed by atoms with E-state index in [1.807, 2.05) is 0 Å². The molecular formula is C9H12N2O2. The fourth-order valence-corrected chi connectivity index (χ4v) is 1.06. The van der Waals surface area contributed by atoms with E-state index in [0.29, 0.717) is 22.7 Å². The lowest BCUT2D eigenvalue weighted by Gasteiger charge is -2.07.